The molecule has 0 bridgehead atoms. The van der Waals surface area contributed by atoms with Gasteiger partial charge in [0, 0.05) is 30.4 Å². The van der Waals surface area contributed by atoms with Gasteiger partial charge in [-0.25, -0.2) is 0 Å². The van der Waals surface area contributed by atoms with Crippen molar-refractivity contribution in [2.75, 3.05) is 26.6 Å². The first-order valence-electron chi connectivity index (χ1n) is 8.01. The van der Waals surface area contributed by atoms with Crippen molar-refractivity contribution in [3.8, 4) is 11.5 Å². The van der Waals surface area contributed by atoms with Crippen LogP contribution in [-0.2, 0) is 4.79 Å². The lowest BCUT2D eigenvalue weighted by molar-refractivity contribution is -0.111. The normalized spacial score (nSPS) is 10.5. The molecule has 2 rings (SSSR count). The number of carbonyl (C=O) groups excluding carboxylic acids is 2. The third-order valence-electron chi connectivity index (χ3n) is 3.77. The van der Waals surface area contributed by atoms with Gasteiger partial charge in [0.25, 0.3) is 5.91 Å². The van der Waals surface area contributed by atoms with E-state index >= 15 is 0 Å². The quantitative estimate of drug-likeness (QED) is 0.782. The van der Waals surface area contributed by atoms with Gasteiger partial charge in [0.05, 0.1) is 14.2 Å². The van der Waals surface area contributed by atoms with Crippen molar-refractivity contribution in [3.63, 3.8) is 0 Å². The van der Waals surface area contributed by atoms with Gasteiger partial charge in [0.15, 0.2) is 0 Å². The highest BCUT2D eigenvalue weighted by molar-refractivity contribution is 6.03. The molecule has 0 atom stereocenters. The minimum Gasteiger partial charge on any atom is -0.497 e. The van der Waals surface area contributed by atoms with Crippen LogP contribution in [0.1, 0.15) is 21.5 Å². The Bertz CT molecular complexity index is 821. The summed E-state index contributed by atoms with van der Waals surface area (Å²) in [5, 5.41) is 5.37. The third-order valence-corrected chi connectivity index (χ3v) is 3.77. The highest BCUT2D eigenvalue weighted by Gasteiger charge is 2.07. The molecule has 2 aromatic rings. The molecule has 0 unspecified atom stereocenters. The number of nitrogens with one attached hydrogen (secondary N) is 2. The number of anilines is 1. The van der Waals surface area contributed by atoms with Crippen LogP contribution in [0.2, 0.25) is 0 Å². The molecule has 0 aliphatic carbocycles. The average Bonchev–Trinajstić information content (AvgIpc) is 2.66. The Morgan fingerprint density at radius 3 is 2.19 bits per heavy atom. The van der Waals surface area contributed by atoms with Crippen molar-refractivity contribution in [1.82, 2.24) is 5.32 Å². The molecular weight excluding hydrogens is 332 g/mol. The Morgan fingerprint density at radius 2 is 1.65 bits per heavy atom. The Kier molecular flexibility index (Phi) is 6.38. The zero-order chi connectivity index (χ0) is 19.1. The highest BCUT2D eigenvalue weighted by Crippen LogP contribution is 2.23. The number of ether oxygens (including phenoxy) is 2. The lowest BCUT2D eigenvalue weighted by atomic mass is 10.1. The second-order valence-electron chi connectivity index (χ2n) is 5.58. The summed E-state index contributed by atoms with van der Waals surface area (Å²) < 4.78 is 10.4. The smallest absolute Gasteiger partial charge is 0.251 e. The molecule has 0 aromatic heterocycles. The number of methoxy groups -OCH3 is 2. The number of rotatable bonds is 6. The lowest BCUT2D eigenvalue weighted by Crippen LogP contribution is -2.18. The fraction of sp³-hybridized carbons (Fsp3) is 0.200. The number of carbonyl (C=O) groups is 2. The van der Waals surface area contributed by atoms with Crippen LogP contribution in [0.4, 0.5) is 5.69 Å². The monoisotopic (exact) mass is 354 g/mol. The molecule has 0 saturated heterocycles. The Hall–Kier alpha value is -3.28. The van der Waals surface area contributed by atoms with E-state index in [1.54, 1.807) is 63.7 Å². The summed E-state index contributed by atoms with van der Waals surface area (Å²) in [6, 6.07) is 10.5. The van der Waals surface area contributed by atoms with E-state index in [0.29, 0.717) is 22.7 Å². The number of benzene rings is 2. The van der Waals surface area contributed by atoms with E-state index in [9.17, 15) is 9.59 Å². The van der Waals surface area contributed by atoms with Crippen molar-refractivity contribution in [1.29, 1.82) is 0 Å². The first-order chi connectivity index (χ1) is 12.5. The fourth-order valence-electron chi connectivity index (χ4n) is 2.36. The molecule has 0 spiro atoms. The first kappa shape index (κ1) is 19.1. The van der Waals surface area contributed by atoms with Gasteiger partial charge in [-0.2, -0.15) is 0 Å². The van der Waals surface area contributed by atoms with Gasteiger partial charge in [-0.05, 0) is 54.5 Å². The van der Waals surface area contributed by atoms with Gasteiger partial charge in [-0.1, -0.05) is 0 Å². The molecule has 2 N–H and O–H groups in total. The second kappa shape index (κ2) is 8.71. The minimum atomic E-state index is -0.275. The van der Waals surface area contributed by atoms with E-state index in [2.05, 4.69) is 10.6 Å². The van der Waals surface area contributed by atoms with E-state index in [1.807, 2.05) is 6.92 Å². The topological polar surface area (TPSA) is 76.7 Å². The molecule has 6 nitrogen and oxygen atoms in total. The molecule has 0 aliphatic rings. The van der Waals surface area contributed by atoms with Crippen LogP contribution in [0.3, 0.4) is 0 Å². The van der Waals surface area contributed by atoms with Gasteiger partial charge >= 0.3 is 0 Å². The minimum absolute atomic E-state index is 0.169. The Balaban J connectivity index is 2.11. The second-order valence-corrected chi connectivity index (χ2v) is 5.58. The van der Waals surface area contributed by atoms with Crippen LogP contribution in [0.15, 0.2) is 42.5 Å². The molecule has 136 valence electrons. The lowest BCUT2D eigenvalue weighted by Gasteiger charge is -2.08. The number of aryl methyl sites for hydroxylation is 1. The van der Waals surface area contributed by atoms with Gasteiger partial charge in [-0.3, -0.25) is 9.59 Å². The van der Waals surface area contributed by atoms with Crippen molar-refractivity contribution in [3.05, 3.63) is 59.2 Å². The molecule has 0 heterocycles. The van der Waals surface area contributed by atoms with Gasteiger partial charge < -0.3 is 20.1 Å². The average molecular weight is 354 g/mol. The van der Waals surface area contributed by atoms with Crippen molar-refractivity contribution in [2.45, 2.75) is 6.92 Å². The predicted octanol–water partition coefficient (Wildman–Crippen LogP) is 3.02. The molecule has 0 aliphatic heterocycles. The number of amides is 2. The molecule has 6 heteroatoms. The van der Waals surface area contributed by atoms with Crippen LogP contribution in [0.5, 0.6) is 11.5 Å². The summed E-state index contributed by atoms with van der Waals surface area (Å²) >= 11 is 0. The van der Waals surface area contributed by atoms with Crippen molar-refractivity contribution in [2.24, 2.45) is 0 Å². The van der Waals surface area contributed by atoms with Crippen molar-refractivity contribution >= 4 is 23.6 Å². The van der Waals surface area contributed by atoms with Crippen LogP contribution < -0.4 is 20.1 Å². The van der Waals surface area contributed by atoms with E-state index < -0.39 is 0 Å². The number of hydrogen-bond acceptors (Lipinski definition) is 4. The zero-order valence-corrected chi connectivity index (χ0v) is 15.3. The van der Waals surface area contributed by atoms with Crippen LogP contribution >= 0.6 is 0 Å². The number of hydrogen-bond donors (Lipinski definition) is 2. The molecule has 2 amide bonds. The first-order valence-corrected chi connectivity index (χ1v) is 8.01. The van der Waals surface area contributed by atoms with E-state index in [0.717, 1.165) is 11.1 Å². The summed E-state index contributed by atoms with van der Waals surface area (Å²) in [5.41, 5.74) is 2.77. The van der Waals surface area contributed by atoms with Gasteiger partial charge in [0.2, 0.25) is 5.91 Å². The molecular formula is C20H22N2O4. The van der Waals surface area contributed by atoms with Crippen molar-refractivity contribution < 1.29 is 19.1 Å². The Morgan fingerprint density at radius 1 is 1.00 bits per heavy atom. The summed E-state index contributed by atoms with van der Waals surface area (Å²) in [4.78, 5) is 23.8. The summed E-state index contributed by atoms with van der Waals surface area (Å²) in [5.74, 6) is 0.843. The molecule has 0 saturated carbocycles. The molecule has 0 radical (unpaired) electrons. The van der Waals surface area contributed by atoms with Crippen LogP contribution in [0.25, 0.3) is 6.08 Å². The maximum absolute atomic E-state index is 12.2. The van der Waals surface area contributed by atoms with Crippen LogP contribution in [-0.4, -0.2) is 33.1 Å². The molecule has 2 aromatic carbocycles. The Labute approximate surface area is 152 Å². The van der Waals surface area contributed by atoms with Crippen LogP contribution in [0, 0.1) is 6.92 Å². The summed E-state index contributed by atoms with van der Waals surface area (Å²) in [7, 11) is 4.71. The van der Waals surface area contributed by atoms with Gasteiger partial charge in [0.1, 0.15) is 11.5 Å². The van der Waals surface area contributed by atoms with Gasteiger partial charge in [-0.15, -0.1) is 0 Å². The predicted molar refractivity (Wildman–Crippen MR) is 102 cm³/mol. The zero-order valence-electron chi connectivity index (χ0n) is 15.3. The highest BCUT2D eigenvalue weighted by atomic mass is 16.5. The maximum atomic E-state index is 12.2. The van der Waals surface area contributed by atoms with E-state index in [4.69, 9.17) is 9.47 Å². The molecule has 0 fully saturated rings. The standard InChI is InChI=1S/C20H22N2O4/c1-13-9-15(20(24)21-2)6-7-18(13)22-19(23)8-5-14-10-16(25-3)12-17(11-14)26-4/h5-12H,1-4H3,(H,21,24)(H,22,23)/b8-5+. The summed E-state index contributed by atoms with van der Waals surface area (Å²) in [6.45, 7) is 1.83. The SMILES string of the molecule is CNC(=O)c1ccc(NC(=O)/C=C/c2cc(OC)cc(OC)c2)c(C)c1. The summed E-state index contributed by atoms with van der Waals surface area (Å²) in [6.07, 6.45) is 3.11. The van der Waals surface area contributed by atoms with E-state index in [1.165, 1.54) is 6.08 Å². The largest absolute Gasteiger partial charge is 0.497 e. The maximum Gasteiger partial charge on any atom is 0.251 e. The van der Waals surface area contributed by atoms with E-state index in [-0.39, 0.29) is 11.8 Å². The fourth-order valence-corrected chi connectivity index (χ4v) is 2.36. The third kappa shape index (κ3) is 4.86. The molecule has 26 heavy (non-hydrogen) atoms.